The maximum Gasteiger partial charge on any atom is 0.128 e. The maximum absolute atomic E-state index is 5.69. The first-order chi connectivity index (χ1) is 8.43. The van der Waals surface area contributed by atoms with Crippen molar-refractivity contribution in [3.63, 3.8) is 0 Å². The third-order valence-corrected chi connectivity index (χ3v) is 3.38. The molecule has 2 aliphatic rings. The Labute approximate surface area is 101 Å². The van der Waals surface area contributed by atoms with E-state index in [1.807, 2.05) is 18.2 Å². The Bertz CT molecular complexity index is 424. The number of para-hydroxylation sites is 1. The highest BCUT2D eigenvalue weighted by atomic mass is 16.6. The van der Waals surface area contributed by atoms with Gasteiger partial charge in [0.1, 0.15) is 11.9 Å². The molecule has 0 N–H and O–H groups in total. The van der Waals surface area contributed by atoms with E-state index >= 15 is 0 Å². The van der Waals surface area contributed by atoms with Crippen molar-refractivity contribution in [1.82, 2.24) is 0 Å². The van der Waals surface area contributed by atoms with Crippen LogP contribution in [0.25, 0.3) is 0 Å². The van der Waals surface area contributed by atoms with Crippen molar-refractivity contribution in [2.24, 2.45) is 5.16 Å². The van der Waals surface area contributed by atoms with E-state index in [9.17, 15) is 0 Å². The zero-order chi connectivity index (χ0) is 11.5. The minimum atomic E-state index is 0.346. The highest BCUT2D eigenvalue weighted by Gasteiger charge is 2.20. The summed E-state index contributed by atoms with van der Waals surface area (Å²) in [5.74, 6) is 0.931. The minimum absolute atomic E-state index is 0.346. The van der Waals surface area contributed by atoms with Crippen LogP contribution in [-0.4, -0.2) is 18.4 Å². The molecular weight excluding hydrogens is 214 g/mol. The van der Waals surface area contributed by atoms with E-state index in [2.05, 4.69) is 11.2 Å². The van der Waals surface area contributed by atoms with Crippen LogP contribution in [0, 0.1) is 0 Å². The standard InChI is InChI=1S/C14H17NO2/c1-2-9-14-12(7-1)13(8-4-10-16-14)15-17-11-5-3-6-11/h1-2,7,9,11H,3-6,8,10H2/b15-13+. The van der Waals surface area contributed by atoms with Crippen molar-refractivity contribution in [3.8, 4) is 5.75 Å². The topological polar surface area (TPSA) is 30.8 Å². The molecule has 0 unspecified atom stereocenters. The number of fused-ring (bicyclic) bond motifs is 1. The van der Waals surface area contributed by atoms with Crippen LogP contribution in [0.1, 0.15) is 37.7 Å². The largest absolute Gasteiger partial charge is 0.493 e. The van der Waals surface area contributed by atoms with E-state index in [-0.39, 0.29) is 0 Å². The van der Waals surface area contributed by atoms with Gasteiger partial charge in [-0.1, -0.05) is 17.3 Å². The molecule has 0 radical (unpaired) electrons. The lowest BCUT2D eigenvalue weighted by Gasteiger charge is -2.23. The van der Waals surface area contributed by atoms with Gasteiger partial charge in [-0.2, -0.15) is 0 Å². The molecular formula is C14H17NO2. The van der Waals surface area contributed by atoms with Crippen LogP contribution >= 0.6 is 0 Å². The molecule has 0 saturated heterocycles. The molecule has 0 amide bonds. The quantitative estimate of drug-likeness (QED) is 0.732. The zero-order valence-electron chi connectivity index (χ0n) is 9.89. The van der Waals surface area contributed by atoms with E-state index in [1.165, 1.54) is 6.42 Å². The summed E-state index contributed by atoms with van der Waals surface area (Å²) in [6.45, 7) is 0.763. The second kappa shape index (κ2) is 4.78. The van der Waals surface area contributed by atoms with Gasteiger partial charge < -0.3 is 9.57 Å². The number of oxime groups is 1. The molecule has 3 heteroatoms. The molecule has 1 aliphatic carbocycles. The number of ether oxygens (including phenoxy) is 1. The number of nitrogens with zero attached hydrogens (tertiary/aromatic N) is 1. The van der Waals surface area contributed by atoms with Crippen molar-refractivity contribution in [2.75, 3.05) is 6.61 Å². The molecule has 3 nitrogen and oxygen atoms in total. The first-order valence-electron chi connectivity index (χ1n) is 6.38. The van der Waals surface area contributed by atoms with E-state index < -0.39 is 0 Å². The smallest absolute Gasteiger partial charge is 0.128 e. The molecule has 17 heavy (non-hydrogen) atoms. The van der Waals surface area contributed by atoms with Gasteiger partial charge in [0, 0.05) is 5.56 Å². The van der Waals surface area contributed by atoms with Crippen LogP contribution in [0.4, 0.5) is 0 Å². The average Bonchev–Trinajstić information content (AvgIpc) is 2.50. The Morgan fingerprint density at radius 1 is 1.18 bits per heavy atom. The van der Waals surface area contributed by atoms with Gasteiger partial charge in [0.25, 0.3) is 0 Å². The SMILES string of the molecule is c1ccc2c(c1)OCCC/C2=N\OC1CCC1. The molecule has 3 rings (SSSR count). The van der Waals surface area contributed by atoms with Gasteiger partial charge in [-0.15, -0.1) is 0 Å². The molecule has 1 fully saturated rings. The second-order valence-corrected chi connectivity index (χ2v) is 4.64. The van der Waals surface area contributed by atoms with Gasteiger partial charge in [0.05, 0.1) is 12.3 Å². The van der Waals surface area contributed by atoms with Gasteiger partial charge in [-0.25, -0.2) is 0 Å². The lowest BCUT2D eigenvalue weighted by molar-refractivity contribution is 0.00582. The summed E-state index contributed by atoms with van der Waals surface area (Å²) >= 11 is 0. The Morgan fingerprint density at radius 3 is 2.88 bits per heavy atom. The summed E-state index contributed by atoms with van der Waals surface area (Å²) < 4.78 is 5.69. The fraction of sp³-hybridized carbons (Fsp3) is 0.500. The highest BCUT2D eigenvalue weighted by molar-refractivity contribution is 6.02. The van der Waals surface area contributed by atoms with Crippen molar-refractivity contribution in [2.45, 2.75) is 38.2 Å². The van der Waals surface area contributed by atoms with Crippen molar-refractivity contribution < 1.29 is 9.57 Å². The van der Waals surface area contributed by atoms with E-state index in [0.29, 0.717) is 6.10 Å². The molecule has 1 aliphatic heterocycles. The van der Waals surface area contributed by atoms with Crippen LogP contribution in [0.3, 0.4) is 0 Å². The molecule has 0 aromatic heterocycles. The number of hydrogen-bond donors (Lipinski definition) is 0. The third-order valence-electron chi connectivity index (χ3n) is 3.38. The molecule has 90 valence electrons. The summed E-state index contributed by atoms with van der Waals surface area (Å²) in [4.78, 5) is 5.56. The van der Waals surface area contributed by atoms with E-state index in [0.717, 1.165) is 49.3 Å². The van der Waals surface area contributed by atoms with Crippen LogP contribution < -0.4 is 4.74 Å². The van der Waals surface area contributed by atoms with Crippen LogP contribution in [0.2, 0.25) is 0 Å². The number of benzene rings is 1. The van der Waals surface area contributed by atoms with Crippen LogP contribution in [0.15, 0.2) is 29.4 Å². The second-order valence-electron chi connectivity index (χ2n) is 4.64. The average molecular weight is 231 g/mol. The Kier molecular flexibility index (Phi) is 2.99. The van der Waals surface area contributed by atoms with Crippen LogP contribution in [-0.2, 0) is 4.84 Å². The predicted octanol–water partition coefficient (Wildman–Crippen LogP) is 3.13. The van der Waals surface area contributed by atoms with Gasteiger partial charge in [-0.05, 0) is 44.2 Å². The lowest BCUT2D eigenvalue weighted by atomic mass is 9.97. The van der Waals surface area contributed by atoms with Gasteiger partial charge >= 0.3 is 0 Å². The summed E-state index contributed by atoms with van der Waals surface area (Å²) in [7, 11) is 0. The first-order valence-corrected chi connectivity index (χ1v) is 6.38. The normalized spacial score (nSPS) is 22.2. The van der Waals surface area contributed by atoms with E-state index in [4.69, 9.17) is 9.57 Å². The number of rotatable bonds is 2. The van der Waals surface area contributed by atoms with Crippen molar-refractivity contribution >= 4 is 5.71 Å². The zero-order valence-corrected chi connectivity index (χ0v) is 9.89. The summed E-state index contributed by atoms with van der Waals surface area (Å²) in [6, 6.07) is 8.07. The lowest BCUT2D eigenvalue weighted by Crippen LogP contribution is -2.19. The molecule has 1 aromatic carbocycles. The van der Waals surface area contributed by atoms with Crippen LogP contribution in [0.5, 0.6) is 5.75 Å². The van der Waals surface area contributed by atoms with E-state index in [1.54, 1.807) is 0 Å². The fourth-order valence-corrected chi connectivity index (χ4v) is 2.10. The molecule has 1 aromatic rings. The highest BCUT2D eigenvalue weighted by Crippen LogP contribution is 2.26. The van der Waals surface area contributed by atoms with Gasteiger partial charge in [-0.3, -0.25) is 0 Å². The molecule has 0 spiro atoms. The monoisotopic (exact) mass is 231 g/mol. The molecule has 0 bridgehead atoms. The van der Waals surface area contributed by atoms with Crippen molar-refractivity contribution in [3.05, 3.63) is 29.8 Å². The summed E-state index contributed by atoms with van der Waals surface area (Å²) in [5.41, 5.74) is 2.12. The Morgan fingerprint density at radius 2 is 2.06 bits per heavy atom. The third kappa shape index (κ3) is 2.28. The Hall–Kier alpha value is -1.51. The fourth-order valence-electron chi connectivity index (χ4n) is 2.10. The number of hydrogen-bond acceptors (Lipinski definition) is 3. The predicted molar refractivity (Wildman–Crippen MR) is 66.4 cm³/mol. The first kappa shape index (κ1) is 10.6. The molecule has 1 heterocycles. The minimum Gasteiger partial charge on any atom is -0.493 e. The summed E-state index contributed by atoms with van der Waals surface area (Å²) in [5, 5.41) is 4.34. The molecule has 0 atom stereocenters. The molecule has 1 saturated carbocycles. The van der Waals surface area contributed by atoms with Crippen molar-refractivity contribution in [1.29, 1.82) is 0 Å². The summed E-state index contributed by atoms with van der Waals surface area (Å²) in [6.07, 6.45) is 5.85. The Balaban J connectivity index is 1.82. The maximum atomic E-state index is 5.69. The van der Waals surface area contributed by atoms with Gasteiger partial charge in [0.15, 0.2) is 0 Å². The van der Waals surface area contributed by atoms with Gasteiger partial charge in [0.2, 0.25) is 0 Å².